The summed E-state index contributed by atoms with van der Waals surface area (Å²) in [5, 5.41) is 12.2. The van der Waals surface area contributed by atoms with Gasteiger partial charge in [0.05, 0.1) is 0 Å². The van der Waals surface area contributed by atoms with E-state index in [1.165, 1.54) is 22.5 Å². The second-order valence-corrected chi connectivity index (χ2v) is 8.80. The van der Waals surface area contributed by atoms with Gasteiger partial charge in [-0.2, -0.15) is 0 Å². The van der Waals surface area contributed by atoms with E-state index in [0.717, 1.165) is 24.6 Å². The van der Waals surface area contributed by atoms with Crippen molar-refractivity contribution in [1.29, 1.82) is 0 Å². The van der Waals surface area contributed by atoms with E-state index in [1.54, 1.807) is 0 Å². The van der Waals surface area contributed by atoms with Gasteiger partial charge in [-0.05, 0) is 12.5 Å². The largest absolute Gasteiger partial charge is 0.340 e. The molecule has 0 aliphatic carbocycles. The molecule has 7 nitrogen and oxygen atoms in total. The van der Waals surface area contributed by atoms with Crippen LogP contribution in [0.25, 0.3) is 0 Å². The lowest BCUT2D eigenvalue weighted by Crippen LogP contribution is -2.48. The van der Waals surface area contributed by atoms with Crippen molar-refractivity contribution >= 4 is 28.3 Å². The Morgan fingerprint density at radius 3 is 2.38 bits per heavy atom. The van der Waals surface area contributed by atoms with E-state index in [1.807, 2.05) is 18.7 Å². The molecule has 1 aromatic carbocycles. The quantitative estimate of drug-likeness (QED) is 0.752. The molecule has 29 heavy (non-hydrogen) atoms. The summed E-state index contributed by atoms with van der Waals surface area (Å²) < 4.78 is 0. The number of carbonyl (C=O) groups is 2. The van der Waals surface area contributed by atoms with Crippen LogP contribution in [0.4, 0.5) is 5.13 Å². The molecule has 0 atom stereocenters. The molecule has 3 rings (SSSR count). The van der Waals surface area contributed by atoms with Crippen LogP contribution >= 0.6 is 11.3 Å². The minimum atomic E-state index is -0.192. The van der Waals surface area contributed by atoms with Crippen molar-refractivity contribution in [3.63, 3.8) is 0 Å². The Morgan fingerprint density at radius 1 is 1.07 bits per heavy atom. The van der Waals surface area contributed by atoms with Gasteiger partial charge in [0.25, 0.3) is 0 Å². The van der Waals surface area contributed by atoms with Gasteiger partial charge in [-0.25, -0.2) is 0 Å². The lowest BCUT2D eigenvalue weighted by Gasteiger charge is -2.34. The molecule has 1 aliphatic heterocycles. The molecule has 2 heterocycles. The maximum Gasteiger partial charge on any atom is 0.226 e. The van der Waals surface area contributed by atoms with E-state index in [9.17, 15) is 9.59 Å². The molecule has 2 amide bonds. The standard InChI is InChI=1S/C21H29N5O2S/c1-15(2)20-23-24-21(29-20)22-18(27)8-9-19(28)26-12-10-25(11-13-26)14-17-6-4-16(3)5-7-17/h4-7,15H,8-14H2,1-3H3,(H,22,24,27). The summed E-state index contributed by atoms with van der Waals surface area (Å²) in [6.45, 7) is 10.2. The number of carbonyl (C=O) groups excluding carboxylic acids is 2. The number of piperazine rings is 1. The van der Waals surface area contributed by atoms with Gasteiger partial charge in [0.15, 0.2) is 0 Å². The second-order valence-electron chi connectivity index (χ2n) is 7.79. The van der Waals surface area contributed by atoms with Crippen LogP contribution in [0.5, 0.6) is 0 Å². The Bertz CT molecular complexity index is 826. The van der Waals surface area contributed by atoms with Crippen LogP contribution in [0.1, 0.15) is 48.7 Å². The Hall–Kier alpha value is -2.32. The highest BCUT2D eigenvalue weighted by Gasteiger charge is 2.21. The maximum absolute atomic E-state index is 12.5. The first kappa shape index (κ1) is 21.4. The average molecular weight is 416 g/mol. The molecular formula is C21H29N5O2S. The Labute approximate surface area is 176 Å². The van der Waals surface area contributed by atoms with Gasteiger partial charge in [-0.1, -0.05) is 55.0 Å². The third-order valence-corrected chi connectivity index (χ3v) is 6.14. The van der Waals surface area contributed by atoms with Crippen LogP contribution in [-0.2, 0) is 16.1 Å². The van der Waals surface area contributed by atoms with Crippen molar-refractivity contribution < 1.29 is 9.59 Å². The monoisotopic (exact) mass is 415 g/mol. The first-order chi connectivity index (χ1) is 13.9. The van der Waals surface area contributed by atoms with E-state index >= 15 is 0 Å². The summed E-state index contributed by atoms with van der Waals surface area (Å²) in [5.74, 6) is 0.127. The minimum Gasteiger partial charge on any atom is -0.340 e. The zero-order chi connectivity index (χ0) is 20.8. The number of aromatic nitrogens is 2. The minimum absolute atomic E-state index is 0.0373. The zero-order valence-electron chi connectivity index (χ0n) is 17.4. The number of benzene rings is 1. The average Bonchev–Trinajstić information content (AvgIpc) is 3.17. The summed E-state index contributed by atoms with van der Waals surface area (Å²) in [6.07, 6.45) is 0.388. The lowest BCUT2D eigenvalue weighted by molar-refractivity contribution is -0.134. The molecule has 2 aromatic rings. The second kappa shape index (κ2) is 9.93. The van der Waals surface area contributed by atoms with Crippen molar-refractivity contribution in [2.45, 2.75) is 46.1 Å². The number of aryl methyl sites for hydroxylation is 1. The number of hydrogen-bond donors (Lipinski definition) is 1. The Balaban J connectivity index is 1.37. The molecule has 0 radical (unpaired) electrons. The van der Waals surface area contributed by atoms with Crippen LogP contribution in [0, 0.1) is 6.92 Å². The lowest BCUT2D eigenvalue weighted by atomic mass is 10.1. The van der Waals surface area contributed by atoms with Crippen molar-refractivity contribution in [2.24, 2.45) is 0 Å². The van der Waals surface area contributed by atoms with Gasteiger partial charge in [0.1, 0.15) is 5.01 Å². The fourth-order valence-corrected chi connectivity index (χ4v) is 3.95. The number of nitrogens with zero attached hydrogens (tertiary/aromatic N) is 4. The maximum atomic E-state index is 12.5. The molecule has 1 aromatic heterocycles. The first-order valence-electron chi connectivity index (χ1n) is 10.1. The van der Waals surface area contributed by atoms with Gasteiger partial charge >= 0.3 is 0 Å². The highest BCUT2D eigenvalue weighted by molar-refractivity contribution is 7.15. The van der Waals surface area contributed by atoms with Crippen LogP contribution in [-0.4, -0.2) is 58.0 Å². The van der Waals surface area contributed by atoms with Gasteiger partial charge < -0.3 is 10.2 Å². The third-order valence-electron chi connectivity index (χ3n) is 5.00. The molecule has 0 saturated carbocycles. The number of nitrogens with one attached hydrogen (secondary N) is 1. The molecular weight excluding hydrogens is 386 g/mol. The van der Waals surface area contributed by atoms with Crippen LogP contribution in [0.2, 0.25) is 0 Å². The van der Waals surface area contributed by atoms with Crippen molar-refractivity contribution in [3.05, 3.63) is 40.4 Å². The van der Waals surface area contributed by atoms with Gasteiger partial charge in [0.2, 0.25) is 16.9 Å². The fourth-order valence-electron chi connectivity index (χ4n) is 3.19. The fraction of sp³-hybridized carbons (Fsp3) is 0.524. The summed E-state index contributed by atoms with van der Waals surface area (Å²) in [4.78, 5) is 28.8. The van der Waals surface area contributed by atoms with E-state index in [-0.39, 0.29) is 30.6 Å². The predicted octanol–water partition coefficient (Wildman–Crippen LogP) is 3.03. The number of amides is 2. The Kier molecular flexibility index (Phi) is 7.33. The summed E-state index contributed by atoms with van der Waals surface area (Å²) >= 11 is 1.38. The number of rotatable bonds is 7. The first-order valence-corrected chi connectivity index (χ1v) is 10.9. The predicted molar refractivity (Wildman–Crippen MR) is 115 cm³/mol. The number of hydrogen-bond acceptors (Lipinski definition) is 6. The van der Waals surface area contributed by atoms with Gasteiger partial charge in [0, 0.05) is 51.5 Å². The van der Waals surface area contributed by atoms with E-state index in [0.29, 0.717) is 18.2 Å². The normalized spacial score (nSPS) is 15.0. The van der Waals surface area contributed by atoms with Crippen LogP contribution in [0.15, 0.2) is 24.3 Å². The summed E-state index contributed by atoms with van der Waals surface area (Å²) in [6, 6.07) is 8.58. The third kappa shape index (κ3) is 6.33. The van der Waals surface area contributed by atoms with E-state index < -0.39 is 0 Å². The SMILES string of the molecule is Cc1ccc(CN2CCN(C(=O)CCC(=O)Nc3nnc(C(C)C)s3)CC2)cc1. The zero-order valence-corrected chi connectivity index (χ0v) is 18.2. The van der Waals surface area contributed by atoms with Gasteiger partial charge in [-0.15, -0.1) is 10.2 Å². The molecule has 1 N–H and O–H groups in total. The van der Waals surface area contributed by atoms with Crippen LogP contribution in [0.3, 0.4) is 0 Å². The summed E-state index contributed by atoms with van der Waals surface area (Å²) in [7, 11) is 0. The number of anilines is 1. The molecule has 1 fully saturated rings. The molecule has 8 heteroatoms. The summed E-state index contributed by atoms with van der Waals surface area (Å²) in [5.41, 5.74) is 2.56. The van der Waals surface area contributed by atoms with E-state index in [4.69, 9.17) is 0 Å². The topological polar surface area (TPSA) is 78.4 Å². The molecule has 1 saturated heterocycles. The highest BCUT2D eigenvalue weighted by Crippen LogP contribution is 2.22. The molecule has 0 unspecified atom stereocenters. The van der Waals surface area contributed by atoms with Crippen molar-refractivity contribution in [3.8, 4) is 0 Å². The molecule has 0 bridgehead atoms. The van der Waals surface area contributed by atoms with Crippen LogP contribution < -0.4 is 5.32 Å². The smallest absolute Gasteiger partial charge is 0.226 e. The van der Waals surface area contributed by atoms with Gasteiger partial charge in [-0.3, -0.25) is 14.5 Å². The molecule has 0 spiro atoms. The van der Waals surface area contributed by atoms with Crippen molar-refractivity contribution in [1.82, 2.24) is 20.0 Å². The molecule has 1 aliphatic rings. The highest BCUT2D eigenvalue weighted by atomic mass is 32.1. The Morgan fingerprint density at radius 2 is 1.76 bits per heavy atom. The molecule has 156 valence electrons. The van der Waals surface area contributed by atoms with E-state index in [2.05, 4.69) is 51.6 Å². The van der Waals surface area contributed by atoms with Crippen molar-refractivity contribution in [2.75, 3.05) is 31.5 Å².